The molecule has 1 fully saturated rings. The molecule has 0 amide bonds. The average molecular weight is 248 g/mol. The van der Waals surface area contributed by atoms with Gasteiger partial charge in [-0.25, -0.2) is 0 Å². The van der Waals surface area contributed by atoms with Crippen molar-refractivity contribution in [2.24, 2.45) is 0 Å². The van der Waals surface area contributed by atoms with Crippen molar-refractivity contribution in [3.05, 3.63) is 29.3 Å². The standard InChI is InChI=1S/C15H24N2O/c1-13-4-5-15(14(2)12-13)18-11-10-17-8-3-6-16-7-9-17/h4-5,12,16H,3,6-11H2,1-2H3. The summed E-state index contributed by atoms with van der Waals surface area (Å²) < 4.78 is 5.87. The Morgan fingerprint density at radius 1 is 1.22 bits per heavy atom. The minimum atomic E-state index is 0.782. The fraction of sp³-hybridized carbons (Fsp3) is 0.600. The topological polar surface area (TPSA) is 24.5 Å². The smallest absolute Gasteiger partial charge is 0.122 e. The maximum absolute atomic E-state index is 5.87. The number of rotatable bonds is 4. The minimum absolute atomic E-state index is 0.782. The predicted octanol–water partition coefficient (Wildman–Crippen LogP) is 1.98. The molecular weight excluding hydrogens is 224 g/mol. The first-order chi connectivity index (χ1) is 8.75. The monoisotopic (exact) mass is 248 g/mol. The third kappa shape index (κ3) is 4.00. The molecule has 0 unspecified atom stereocenters. The van der Waals surface area contributed by atoms with E-state index in [4.69, 9.17) is 4.74 Å². The van der Waals surface area contributed by atoms with Crippen molar-refractivity contribution < 1.29 is 4.74 Å². The molecule has 1 aromatic carbocycles. The van der Waals surface area contributed by atoms with E-state index in [1.807, 2.05) is 0 Å². The number of hydrogen-bond donors (Lipinski definition) is 1. The molecule has 1 N–H and O–H groups in total. The largest absolute Gasteiger partial charge is 0.492 e. The van der Waals surface area contributed by atoms with Crippen LogP contribution >= 0.6 is 0 Å². The van der Waals surface area contributed by atoms with Gasteiger partial charge in [0.2, 0.25) is 0 Å². The van der Waals surface area contributed by atoms with E-state index in [-0.39, 0.29) is 0 Å². The van der Waals surface area contributed by atoms with E-state index in [1.54, 1.807) is 0 Å². The zero-order valence-corrected chi connectivity index (χ0v) is 11.5. The van der Waals surface area contributed by atoms with E-state index in [0.717, 1.165) is 38.5 Å². The average Bonchev–Trinajstić information content (AvgIpc) is 2.60. The molecule has 1 aliphatic heterocycles. The molecule has 3 nitrogen and oxygen atoms in total. The lowest BCUT2D eigenvalue weighted by Crippen LogP contribution is -2.31. The van der Waals surface area contributed by atoms with Gasteiger partial charge in [0, 0.05) is 19.6 Å². The Morgan fingerprint density at radius 3 is 2.94 bits per heavy atom. The van der Waals surface area contributed by atoms with Crippen molar-refractivity contribution in [1.82, 2.24) is 10.2 Å². The van der Waals surface area contributed by atoms with Crippen LogP contribution in [0.25, 0.3) is 0 Å². The maximum atomic E-state index is 5.87. The second kappa shape index (κ2) is 6.76. The van der Waals surface area contributed by atoms with E-state index in [2.05, 4.69) is 42.3 Å². The molecule has 0 saturated carbocycles. The molecule has 18 heavy (non-hydrogen) atoms. The predicted molar refractivity (Wildman–Crippen MR) is 75.3 cm³/mol. The van der Waals surface area contributed by atoms with Gasteiger partial charge in [0.1, 0.15) is 12.4 Å². The molecule has 100 valence electrons. The van der Waals surface area contributed by atoms with Gasteiger partial charge in [-0.05, 0) is 45.0 Å². The molecule has 1 aliphatic rings. The zero-order chi connectivity index (χ0) is 12.8. The summed E-state index contributed by atoms with van der Waals surface area (Å²) in [5.74, 6) is 1.02. The number of benzene rings is 1. The number of nitrogens with one attached hydrogen (secondary N) is 1. The quantitative estimate of drug-likeness (QED) is 0.882. The highest BCUT2D eigenvalue weighted by molar-refractivity contribution is 5.35. The molecule has 0 atom stereocenters. The van der Waals surface area contributed by atoms with Gasteiger partial charge in [0.05, 0.1) is 0 Å². The molecular formula is C15H24N2O. The van der Waals surface area contributed by atoms with E-state index < -0.39 is 0 Å². The Balaban J connectivity index is 1.77. The highest BCUT2D eigenvalue weighted by atomic mass is 16.5. The van der Waals surface area contributed by atoms with Crippen molar-refractivity contribution in [1.29, 1.82) is 0 Å². The highest BCUT2D eigenvalue weighted by Crippen LogP contribution is 2.18. The molecule has 0 aromatic heterocycles. The number of ether oxygens (including phenoxy) is 1. The Bertz CT molecular complexity index is 371. The molecule has 2 rings (SSSR count). The Kier molecular flexibility index (Phi) is 5.02. The lowest BCUT2D eigenvalue weighted by molar-refractivity contribution is 0.217. The zero-order valence-electron chi connectivity index (χ0n) is 11.5. The van der Waals surface area contributed by atoms with Crippen LogP contribution in [-0.4, -0.2) is 44.2 Å². The van der Waals surface area contributed by atoms with Crippen molar-refractivity contribution >= 4 is 0 Å². The van der Waals surface area contributed by atoms with Crippen LogP contribution in [0, 0.1) is 13.8 Å². The number of hydrogen-bond acceptors (Lipinski definition) is 3. The second-order valence-electron chi connectivity index (χ2n) is 5.06. The van der Waals surface area contributed by atoms with Gasteiger partial charge in [0.25, 0.3) is 0 Å². The van der Waals surface area contributed by atoms with E-state index >= 15 is 0 Å². The lowest BCUT2D eigenvalue weighted by Gasteiger charge is -2.19. The first kappa shape index (κ1) is 13.4. The number of nitrogens with zero attached hydrogens (tertiary/aromatic N) is 1. The van der Waals surface area contributed by atoms with Crippen LogP contribution in [0.4, 0.5) is 0 Å². The van der Waals surface area contributed by atoms with Crippen molar-refractivity contribution in [3.63, 3.8) is 0 Å². The summed E-state index contributed by atoms with van der Waals surface area (Å²) >= 11 is 0. The van der Waals surface area contributed by atoms with Crippen LogP contribution in [-0.2, 0) is 0 Å². The van der Waals surface area contributed by atoms with Crippen LogP contribution in [0.3, 0.4) is 0 Å². The van der Waals surface area contributed by atoms with Gasteiger partial charge in [0.15, 0.2) is 0 Å². The van der Waals surface area contributed by atoms with Crippen molar-refractivity contribution in [3.8, 4) is 5.75 Å². The summed E-state index contributed by atoms with van der Waals surface area (Å²) in [5, 5.41) is 3.42. The summed E-state index contributed by atoms with van der Waals surface area (Å²) in [6.45, 7) is 10.6. The van der Waals surface area contributed by atoms with E-state index in [9.17, 15) is 0 Å². The SMILES string of the molecule is Cc1ccc(OCCN2CCCNCC2)c(C)c1. The Morgan fingerprint density at radius 2 is 2.11 bits per heavy atom. The third-order valence-electron chi connectivity index (χ3n) is 3.43. The van der Waals surface area contributed by atoms with Gasteiger partial charge in [-0.3, -0.25) is 4.90 Å². The fourth-order valence-electron chi connectivity index (χ4n) is 2.37. The summed E-state index contributed by atoms with van der Waals surface area (Å²) in [4.78, 5) is 2.48. The van der Waals surface area contributed by atoms with Gasteiger partial charge in [-0.2, -0.15) is 0 Å². The molecule has 1 aromatic rings. The summed E-state index contributed by atoms with van der Waals surface area (Å²) in [6, 6.07) is 6.36. The van der Waals surface area contributed by atoms with Crippen LogP contribution < -0.4 is 10.1 Å². The fourth-order valence-corrected chi connectivity index (χ4v) is 2.37. The van der Waals surface area contributed by atoms with Gasteiger partial charge < -0.3 is 10.1 Å². The molecule has 1 saturated heterocycles. The Hall–Kier alpha value is -1.06. The van der Waals surface area contributed by atoms with Crippen molar-refractivity contribution in [2.45, 2.75) is 20.3 Å². The molecule has 3 heteroatoms. The molecule has 0 spiro atoms. The van der Waals surface area contributed by atoms with E-state index in [1.165, 1.54) is 24.1 Å². The third-order valence-corrected chi connectivity index (χ3v) is 3.43. The van der Waals surface area contributed by atoms with Crippen molar-refractivity contribution in [2.75, 3.05) is 39.3 Å². The van der Waals surface area contributed by atoms with Gasteiger partial charge >= 0.3 is 0 Å². The first-order valence-electron chi connectivity index (χ1n) is 6.89. The van der Waals surface area contributed by atoms with Gasteiger partial charge in [-0.15, -0.1) is 0 Å². The number of aryl methyl sites for hydroxylation is 2. The van der Waals surface area contributed by atoms with Crippen LogP contribution in [0.2, 0.25) is 0 Å². The summed E-state index contributed by atoms with van der Waals surface area (Å²) in [6.07, 6.45) is 1.24. The maximum Gasteiger partial charge on any atom is 0.122 e. The lowest BCUT2D eigenvalue weighted by atomic mass is 10.1. The van der Waals surface area contributed by atoms with Crippen LogP contribution in [0.1, 0.15) is 17.5 Å². The summed E-state index contributed by atoms with van der Waals surface area (Å²) in [7, 11) is 0. The Labute approximate surface area is 110 Å². The molecule has 0 aliphatic carbocycles. The summed E-state index contributed by atoms with van der Waals surface area (Å²) in [5.41, 5.74) is 2.52. The first-order valence-corrected chi connectivity index (χ1v) is 6.89. The van der Waals surface area contributed by atoms with E-state index in [0.29, 0.717) is 0 Å². The second-order valence-corrected chi connectivity index (χ2v) is 5.06. The molecule has 0 bridgehead atoms. The molecule has 0 radical (unpaired) electrons. The van der Waals surface area contributed by atoms with Crippen LogP contribution in [0.5, 0.6) is 5.75 Å². The normalized spacial score (nSPS) is 17.4. The highest BCUT2D eigenvalue weighted by Gasteiger charge is 2.08. The minimum Gasteiger partial charge on any atom is -0.492 e. The van der Waals surface area contributed by atoms with Crippen LogP contribution in [0.15, 0.2) is 18.2 Å². The van der Waals surface area contributed by atoms with Gasteiger partial charge in [-0.1, -0.05) is 17.7 Å². The molecule has 1 heterocycles.